The van der Waals surface area contributed by atoms with Crippen LogP contribution < -0.4 is 10.7 Å². The molecule has 142 valence electrons. The van der Waals surface area contributed by atoms with Crippen LogP contribution in [0.4, 0.5) is 5.69 Å². The molecule has 2 aromatic rings. The number of allylic oxidation sites excluding steroid dienone is 1. The molecule has 8 heteroatoms. The summed E-state index contributed by atoms with van der Waals surface area (Å²) in [4.78, 5) is 0.192. The molecule has 0 saturated heterocycles. The second-order valence-electron chi connectivity index (χ2n) is 5.88. The van der Waals surface area contributed by atoms with Crippen LogP contribution in [0.1, 0.15) is 11.1 Å². The van der Waals surface area contributed by atoms with Crippen LogP contribution >= 0.6 is 12.2 Å². The maximum absolute atomic E-state index is 12.3. The van der Waals surface area contributed by atoms with E-state index >= 15 is 0 Å². The minimum Gasteiger partial charge on any atom is -0.331 e. The smallest absolute Gasteiger partial charge is 0.242 e. The Labute approximate surface area is 165 Å². The summed E-state index contributed by atoms with van der Waals surface area (Å²) < 4.78 is 25.7. The van der Waals surface area contributed by atoms with E-state index in [1.165, 1.54) is 18.4 Å². The quantitative estimate of drug-likeness (QED) is 0.441. The van der Waals surface area contributed by atoms with Crippen molar-refractivity contribution in [2.75, 3.05) is 19.4 Å². The molecule has 2 aromatic carbocycles. The molecule has 0 radical (unpaired) electrons. The number of hydrazone groups is 1. The highest BCUT2D eigenvalue weighted by molar-refractivity contribution is 7.89. The molecule has 0 bridgehead atoms. The number of nitrogens with zero attached hydrogens (tertiary/aromatic N) is 2. The zero-order chi connectivity index (χ0) is 19.9. The Kier molecular flexibility index (Phi) is 7.23. The number of benzene rings is 2. The topological polar surface area (TPSA) is 73.8 Å². The molecule has 0 aliphatic carbocycles. The van der Waals surface area contributed by atoms with Gasteiger partial charge in [0.05, 0.1) is 4.90 Å². The summed E-state index contributed by atoms with van der Waals surface area (Å²) in [6, 6.07) is 14.7. The Morgan fingerprint density at radius 1 is 1.15 bits per heavy atom. The van der Waals surface area contributed by atoms with E-state index in [0.29, 0.717) is 5.69 Å². The number of hydrogen-bond acceptors (Lipinski definition) is 4. The van der Waals surface area contributed by atoms with E-state index in [1.807, 2.05) is 43.3 Å². The van der Waals surface area contributed by atoms with Crippen molar-refractivity contribution in [1.82, 2.24) is 9.73 Å². The molecule has 0 aromatic heterocycles. The van der Waals surface area contributed by atoms with Gasteiger partial charge in [-0.1, -0.05) is 42.5 Å². The van der Waals surface area contributed by atoms with E-state index in [0.717, 1.165) is 11.1 Å². The van der Waals surface area contributed by atoms with Gasteiger partial charge in [-0.3, -0.25) is 5.43 Å². The van der Waals surface area contributed by atoms with Crippen LogP contribution in [0.5, 0.6) is 0 Å². The summed E-state index contributed by atoms with van der Waals surface area (Å²) in [5, 5.41) is 7.25. The predicted octanol–water partition coefficient (Wildman–Crippen LogP) is 3.23. The average molecular weight is 403 g/mol. The molecule has 0 atom stereocenters. The Morgan fingerprint density at radius 2 is 1.85 bits per heavy atom. The largest absolute Gasteiger partial charge is 0.331 e. The van der Waals surface area contributed by atoms with Gasteiger partial charge in [0.2, 0.25) is 10.0 Å². The van der Waals surface area contributed by atoms with Crippen LogP contribution in [-0.2, 0) is 10.0 Å². The van der Waals surface area contributed by atoms with Crippen LogP contribution in [0.3, 0.4) is 0 Å². The van der Waals surface area contributed by atoms with E-state index in [4.69, 9.17) is 12.2 Å². The molecule has 0 aliphatic heterocycles. The minimum atomic E-state index is -3.51. The van der Waals surface area contributed by atoms with Crippen molar-refractivity contribution in [2.45, 2.75) is 11.8 Å². The number of aryl methyl sites for hydroxylation is 1. The first-order valence-corrected chi connectivity index (χ1v) is 10.0. The van der Waals surface area contributed by atoms with Gasteiger partial charge >= 0.3 is 0 Å². The number of rotatable bonds is 6. The van der Waals surface area contributed by atoms with Crippen LogP contribution in [0.15, 0.2) is 64.6 Å². The lowest BCUT2D eigenvalue weighted by Gasteiger charge is -2.15. The Balaban J connectivity index is 1.99. The van der Waals surface area contributed by atoms with Crippen LogP contribution in [-0.4, -0.2) is 38.1 Å². The highest BCUT2D eigenvalue weighted by Gasteiger charge is 2.18. The summed E-state index contributed by atoms with van der Waals surface area (Å²) in [5.41, 5.74) is 5.24. The summed E-state index contributed by atoms with van der Waals surface area (Å²) >= 11 is 5.21. The number of sulfonamides is 1. The van der Waals surface area contributed by atoms with Gasteiger partial charge in [0, 0.05) is 26.0 Å². The first-order valence-electron chi connectivity index (χ1n) is 8.15. The second kappa shape index (κ2) is 9.40. The number of anilines is 1. The summed E-state index contributed by atoms with van der Waals surface area (Å²) in [6.07, 6.45) is 5.29. The fourth-order valence-electron chi connectivity index (χ4n) is 2.11. The summed E-state index contributed by atoms with van der Waals surface area (Å²) in [5.74, 6) is 0. The molecule has 0 heterocycles. The highest BCUT2D eigenvalue weighted by atomic mass is 32.2. The van der Waals surface area contributed by atoms with Gasteiger partial charge in [-0.2, -0.15) is 5.10 Å². The van der Waals surface area contributed by atoms with Gasteiger partial charge in [0.15, 0.2) is 5.11 Å². The van der Waals surface area contributed by atoms with Gasteiger partial charge in [-0.05, 0) is 48.5 Å². The number of nitrogens with one attached hydrogen (secondary N) is 2. The predicted molar refractivity (Wildman–Crippen MR) is 115 cm³/mol. The van der Waals surface area contributed by atoms with E-state index in [-0.39, 0.29) is 10.0 Å². The van der Waals surface area contributed by atoms with Crippen molar-refractivity contribution in [2.24, 2.45) is 5.10 Å². The molecule has 0 saturated carbocycles. The second-order valence-corrected chi connectivity index (χ2v) is 8.44. The van der Waals surface area contributed by atoms with Gasteiger partial charge in [0.25, 0.3) is 0 Å². The Morgan fingerprint density at radius 3 is 2.52 bits per heavy atom. The molecule has 0 unspecified atom stereocenters. The molecule has 0 aliphatic rings. The minimum absolute atomic E-state index is 0.192. The molecule has 0 fully saturated rings. The van der Waals surface area contributed by atoms with Gasteiger partial charge in [-0.15, -0.1) is 0 Å². The zero-order valence-electron chi connectivity index (χ0n) is 15.4. The normalized spacial score (nSPS) is 12.0. The maximum atomic E-state index is 12.3. The van der Waals surface area contributed by atoms with Gasteiger partial charge in [0.1, 0.15) is 0 Å². The fraction of sp³-hybridized carbons (Fsp3) is 0.158. The lowest BCUT2D eigenvalue weighted by atomic mass is 10.2. The third-order valence-electron chi connectivity index (χ3n) is 3.65. The first-order chi connectivity index (χ1) is 12.8. The third-order valence-corrected chi connectivity index (χ3v) is 5.66. The number of hydrogen-bond donors (Lipinski definition) is 2. The van der Waals surface area contributed by atoms with Gasteiger partial charge < -0.3 is 5.32 Å². The van der Waals surface area contributed by atoms with Crippen LogP contribution in [0.25, 0.3) is 6.08 Å². The van der Waals surface area contributed by atoms with E-state index in [9.17, 15) is 8.42 Å². The molecule has 2 N–H and O–H groups in total. The van der Waals surface area contributed by atoms with Gasteiger partial charge in [-0.25, -0.2) is 12.7 Å². The van der Waals surface area contributed by atoms with Crippen molar-refractivity contribution < 1.29 is 8.42 Å². The molecule has 0 spiro atoms. The fourth-order valence-corrected chi connectivity index (χ4v) is 3.21. The molecular formula is C19H22N4O2S2. The molecular weight excluding hydrogens is 380 g/mol. The van der Waals surface area contributed by atoms with Crippen molar-refractivity contribution in [1.29, 1.82) is 0 Å². The molecule has 6 nitrogen and oxygen atoms in total. The van der Waals surface area contributed by atoms with Crippen LogP contribution in [0, 0.1) is 6.92 Å². The lowest BCUT2D eigenvalue weighted by Crippen LogP contribution is -2.25. The Hall–Kier alpha value is -2.55. The lowest BCUT2D eigenvalue weighted by molar-refractivity contribution is 0.521. The van der Waals surface area contributed by atoms with Crippen LogP contribution in [0.2, 0.25) is 0 Å². The third kappa shape index (κ3) is 5.99. The van der Waals surface area contributed by atoms with E-state index in [1.54, 1.807) is 30.5 Å². The SMILES string of the molecule is Cc1ccc(S(=O)(=O)N(C)C)cc1NC(=S)NN=CC=Cc1ccccc1. The molecule has 2 rings (SSSR count). The van der Waals surface area contributed by atoms with Crippen molar-refractivity contribution >= 4 is 45.3 Å². The number of thiocarbonyl (C=S) groups is 1. The highest BCUT2D eigenvalue weighted by Crippen LogP contribution is 2.21. The zero-order valence-corrected chi connectivity index (χ0v) is 17.0. The van der Waals surface area contributed by atoms with E-state index in [2.05, 4.69) is 15.8 Å². The average Bonchev–Trinajstić information content (AvgIpc) is 2.64. The monoisotopic (exact) mass is 402 g/mol. The van der Waals surface area contributed by atoms with Crippen molar-refractivity contribution in [3.8, 4) is 0 Å². The maximum Gasteiger partial charge on any atom is 0.242 e. The van der Waals surface area contributed by atoms with Crippen molar-refractivity contribution in [3.63, 3.8) is 0 Å². The molecule has 27 heavy (non-hydrogen) atoms. The summed E-state index contributed by atoms with van der Waals surface area (Å²) in [7, 11) is -0.527. The Bertz CT molecular complexity index is 953. The molecule has 0 amide bonds. The first kappa shape index (κ1) is 20.8. The van der Waals surface area contributed by atoms with E-state index < -0.39 is 10.0 Å². The summed E-state index contributed by atoms with van der Waals surface area (Å²) in [6.45, 7) is 1.86. The van der Waals surface area contributed by atoms with Crippen molar-refractivity contribution in [3.05, 3.63) is 65.7 Å². The standard InChI is InChI=1S/C19H22N4O2S2/c1-15-11-12-17(27(24,25)23(2)3)14-18(15)21-19(26)22-20-13-7-10-16-8-5-4-6-9-16/h4-14H,1-3H3,(H2,21,22,26).